The first-order valence-electron chi connectivity index (χ1n) is 14.2. The Morgan fingerprint density at radius 3 is 2.43 bits per heavy atom. The number of rotatable bonds is 7. The van der Waals surface area contributed by atoms with Crippen LogP contribution in [0.15, 0.2) is 30.6 Å². The number of halogens is 3. The quantitative estimate of drug-likeness (QED) is 0.416. The molecule has 3 N–H and O–H groups in total. The van der Waals surface area contributed by atoms with Gasteiger partial charge in [0.25, 0.3) is 11.8 Å². The number of nitrogens with zero attached hydrogens (tertiary/aromatic N) is 7. The molecule has 0 bridgehead atoms. The van der Waals surface area contributed by atoms with E-state index in [-0.39, 0.29) is 47.4 Å². The molecule has 1 saturated heterocycles. The average molecular weight is 612 g/mol. The minimum absolute atomic E-state index is 0.0000782. The summed E-state index contributed by atoms with van der Waals surface area (Å²) in [5.74, 6) is -0.891. The number of carbonyl (C=O) groups excluding carboxylic acids is 3. The molecule has 0 unspecified atom stereocenters. The topological polar surface area (TPSA) is 155 Å². The van der Waals surface area contributed by atoms with Crippen molar-refractivity contribution in [3.05, 3.63) is 53.2 Å². The lowest BCUT2D eigenvalue weighted by Crippen LogP contribution is -2.54. The van der Waals surface area contributed by atoms with Crippen LogP contribution in [0.2, 0.25) is 0 Å². The fourth-order valence-corrected chi connectivity index (χ4v) is 5.62. The molecule has 3 aromatic rings. The number of aromatic nitrogens is 4. The van der Waals surface area contributed by atoms with Gasteiger partial charge in [-0.15, -0.1) is 0 Å². The zero-order chi connectivity index (χ0) is 31.8. The number of anilines is 1. The Balaban J connectivity index is 1.27. The lowest BCUT2D eigenvalue weighted by molar-refractivity contribution is -0.141. The number of nitrogens with two attached hydrogens (primary N) is 1. The van der Waals surface area contributed by atoms with Gasteiger partial charge in [-0.1, -0.05) is 6.92 Å². The van der Waals surface area contributed by atoms with E-state index in [0.717, 1.165) is 17.1 Å². The highest BCUT2D eigenvalue weighted by Crippen LogP contribution is 2.36. The summed E-state index contributed by atoms with van der Waals surface area (Å²) >= 11 is 0. The van der Waals surface area contributed by atoms with Crippen LogP contribution in [0.1, 0.15) is 52.0 Å². The van der Waals surface area contributed by atoms with Crippen LogP contribution in [-0.4, -0.2) is 79.1 Å². The van der Waals surface area contributed by atoms with Gasteiger partial charge in [0.1, 0.15) is 6.54 Å². The summed E-state index contributed by atoms with van der Waals surface area (Å²) in [6.07, 6.45) is -0.633. The second kappa shape index (κ2) is 12.1. The third kappa shape index (κ3) is 6.02. The lowest BCUT2D eigenvalue weighted by Gasteiger charge is -2.40. The summed E-state index contributed by atoms with van der Waals surface area (Å²) in [5, 5.41) is 15.1. The standard InChI is InChI=1S/C29H32F3N9O3/c1-3-17-14-20(4-5-21(17)28(44)40-10-8-39(9-11-40)27(43)18-12-19(34)13-18)36-26(42)25-35-15-23(38(25)2)22-16-41(7-6-33)37-24(22)29(30,31)32/h4-5,14-16,18-19H,3,7-13,34H2,1-2H3,(H,36,42). The first-order valence-corrected chi connectivity index (χ1v) is 14.2. The van der Waals surface area contributed by atoms with Crippen LogP contribution in [0.4, 0.5) is 18.9 Å². The van der Waals surface area contributed by atoms with E-state index < -0.39 is 17.8 Å². The Morgan fingerprint density at radius 1 is 1.14 bits per heavy atom. The van der Waals surface area contributed by atoms with Crippen molar-refractivity contribution >= 4 is 23.4 Å². The van der Waals surface area contributed by atoms with Crippen LogP contribution in [0.3, 0.4) is 0 Å². The van der Waals surface area contributed by atoms with E-state index in [1.807, 2.05) is 6.92 Å². The molecule has 1 aromatic carbocycles. The predicted octanol–water partition coefficient (Wildman–Crippen LogP) is 2.66. The molecule has 1 aliphatic heterocycles. The third-order valence-corrected chi connectivity index (χ3v) is 8.11. The number of carbonyl (C=O) groups is 3. The van der Waals surface area contributed by atoms with Crippen LogP contribution in [-0.2, 0) is 31.0 Å². The van der Waals surface area contributed by atoms with Gasteiger partial charge in [-0.25, -0.2) is 4.98 Å². The zero-order valence-electron chi connectivity index (χ0n) is 24.3. The van der Waals surface area contributed by atoms with Crippen LogP contribution in [0.25, 0.3) is 11.3 Å². The molecule has 232 valence electrons. The average Bonchev–Trinajstić information content (AvgIpc) is 3.58. The van der Waals surface area contributed by atoms with Crippen molar-refractivity contribution < 1.29 is 27.6 Å². The summed E-state index contributed by atoms with van der Waals surface area (Å²) < 4.78 is 43.0. The summed E-state index contributed by atoms with van der Waals surface area (Å²) in [6, 6.07) is 6.74. The molecule has 3 heterocycles. The van der Waals surface area contributed by atoms with Crippen molar-refractivity contribution in [2.24, 2.45) is 18.7 Å². The minimum atomic E-state index is -4.78. The number of amides is 3. The normalized spacial score (nSPS) is 18.5. The summed E-state index contributed by atoms with van der Waals surface area (Å²) in [4.78, 5) is 46.7. The Bertz CT molecular complexity index is 1620. The van der Waals surface area contributed by atoms with Crippen molar-refractivity contribution in [3.63, 3.8) is 0 Å². The molecule has 2 aromatic heterocycles. The number of nitrogens with one attached hydrogen (secondary N) is 1. The third-order valence-electron chi connectivity index (χ3n) is 8.11. The molecule has 0 radical (unpaired) electrons. The summed E-state index contributed by atoms with van der Waals surface area (Å²) in [6.45, 7) is 3.25. The number of nitriles is 1. The molecular formula is C29H32F3N9O3. The number of benzene rings is 1. The summed E-state index contributed by atoms with van der Waals surface area (Å²) in [7, 11) is 1.41. The van der Waals surface area contributed by atoms with Gasteiger partial charge in [-0.3, -0.25) is 19.1 Å². The maximum Gasteiger partial charge on any atom is 0.435 e. The lowest BCUT2D eigenvalue weighted by atomic mass is 9.80. The fraction of sp³-hybridized carbons (Fsp3) is 0.448. The maximum atomic E-state index is 13.6. The molecule has 44 heavy (non-hydrogen) atoms. The Labute approximate surface area is 251 Å². The van der Waals surface area contributed by atoms with Gasteiger partial charge < -0.3 is 25.4 Å². The minimum Gasteiger partial charge on any atom is -0.339 e. The Morgan fingerprint density at radius 2 is 1.82 bits per heavy atom. The molecular weight excluding hydrogens is 579 g/mol. The fourth-order valence-electron chi connectivity index (χ4n) is 5.62. The van der Waals surface area contributed by atoms with E-state index in [4.69, 9.17) is 11.0 Å². The van der Waals surface area contributed by atoms with Gasteiger partial charge in [-0.2, -0.15) is 23.5 Å². The first-order chi connectivity index (χ1) is 20.9. The largest absolute Gasteiger partial charge is 0.435 e. The van der Waals surface area contributed by atoms with Gasteiger partial charge in [0.15, 0.2) is 11.5 Å². The highest BCUT2D eigenvalue weighted by atomic mass is 19.4. The number of imidazole rings is 1. The van der Waals surface area contributed by atoms with Crippen LogP contribution >= 0.6 is 0 Å². The molecule has 1 aliphatic carbocycles. The van der Waals surface area contributed by atoms with Gasteiger partial charge >= 0.3 is 6.18 Å². The zero-order valence-corrected chi connectivity index (χ0v) is 24.3. The monoisotopic (exact) mass is 611 g/mol. The van der Waals surface area contributed by atoms with Gasteiger partial charge in [0, 0.05) is 62.6 Å². The molecule has 5 rings (SSSR count). The van der Waals surface area contributed by atoms with Crippen LogP contribution < -0.4 is 11.1 Å². The Kier molecular flexibility index (Phi) is 8.46. The molecule has 3 amide bonds. The molecule has 2 fully saturated rings. The number of aryl methyl sites for hydroxylation is 1. The van der Waals surface area contributed by atoms with Gasteiger partial charge in [-0.05, 0) is 43.0 Å². The van der Waals surface area contributed by atoms with Crippen molar-refractivity contribution in [3.8, 4) is 17.3 Å². The van der Waals surface area contributed by atoms with Crippen molar-refractivity contribution in [2.75, 3.05) is 31.5 Å². The first kappa shape index (κ1) is 30.7. The number of hydrogen-bond acceptors (Lipinski definition) is 7. The van der Waals surface area contributed by atoms with E-state index in [0.29, 0.717) is 62.3 Å². The van der Waals surface area contributed by atoms with E-state index >= 15 is 0 Å². The van der Waals surface area contributed by atoms with Crippen molar-refractivity contribution in [1.29, 1.82) is 5.26 Å². The number of piperazine rings is 1. The summed E-state index contributed by atoms with van der Waals surface area (Å²) in [5.41, 5.74) is 5.90. The molecule has 0 spiro atoms. The van der Waals surface area contributed by atoms with Crippen LogP contribution in [0.5, 0.6) is 0 Å². The van der Waals surface area contributed by atoms with Crippen LogP contribution in [0, 0.1) is 17.2 Å². The highest BCUT2D eigenvalue weighted by Gasteiger charge is 2.39. The number of alkyl halides is 3. The SMILES string of the molecule is CCc1cc(NC(=O)c2ncc(-c3cn(CC#N)nc3C(F)(F)F)n2C)ccc1C(=O)N1CCN(C(=O)C2CC(N)C2)CC1. The molecule has 12 nitrogen and oxygen atoms in total. The van der Waals surface area contributed by atoms with Gasteiger partial charge in [0.05, 0.1) is 23.5 Å². The smallest absolute Gasteiger partial charge is 0.339 e. The molecule has 15 heteroatoms. The van der Waals surface area contributed by atoms with E-state index in [1.54, 1.807) is 34.1 Å². The Hall–Kier alpha value is -4.71. The van der Waals surface area contributed by atoms with E-state index in [2.05, 4.69) is 15.4 Å². The van der Waals surface area contributed by atoms with Crippen molar-refractivity contribution in [2.45, 2.75) is 44.9 Å². The van der Waals surface area contributed by atoms with Crippen molar-refractivity contribution in [1.82, 2.24) is 29.1 Å². The maximum absolute atomic E-state index is 13.6. The van der Waals surface area contributed by atoms with E-state index in [1.165, 1.54) is 11.6 Å². The molecule has 2 aliphatic rings. The second-order valence-electron chi connectivity index (χ2n) is 11.0. The van der Waals surface area contributed by atoms with Gasteiger partial charge in [0.2, 0.25) is 5.91 Å². The number of hydrogen-bond donors (Lipinski definition) is 2. The molecule has 0 atom stereocenters. The predicted molar refractivity (Wildman–Crippen MR) is 152 cm³/mol. The molecule has 1 saturated carbocycles. The van der Waals surface area contributed by atoms with E-state index in [9.17, 15) is 27.6 Å². The second-order valence-corrected chi connectivity index (χ2v) is 11.0. The highest BCUT2D eigenvalue weighted by molar-refractivity contribution is 6.03.